The largest absolute Gasteiger partial charge is 0.481 e. The second-order valence-corrected chi connectivity index (χ2v) is 7.31. The van der Waals surface area contributed by atoms with Crippen LogP contribution in [0.1, 0.15) is 36.2 Å². The van der Waals surface area contributed by atoms with E-state index in [-0.39, 0.29) is 30.6 Å². The number of rotatable bonds is 8. The van der Waals surface area contributed by atoms with E-state index in [0.717, 1.165) is 15.7 Å². The Hall–Kier alpha value is -2.67. The summed E-state index contributed by atoms with van der Waals surface area (Å²) in [6, 6.07) is 12.3. The van der Waals surface area contributed by atoms with Gasteiger partial charge in [-0.25, -0.2) is 0 Å². The van der Waals surface area contributed by atoms with Crippen LogP contribution in [0.2, 0.25) is 0 Å². The van der Waals surface area contributed by atoms with Crippen molar-refractivity contribution in [2.75, 3.05) is 11.9 Å². The Kier molecular flexibility index (Phi) is 7.75. The third kappa shape index (κ3) is 6.49. The van der Waals surface area contributed by atoms with E-state index in [4.69, 9.17) is 4.74 Å². The minimum absolute atomic E-state index is 0.0748. The standard InChI is InChI=1S/C21H23BrN2O4/c1-13-7-8-17(22)12-19(13)24-20(26)9-10-23-21(27)15(3)28-18-6-4-5-16(11-18)14(2)25/h4-8,11-12,15H,9-10H2,1-3H3,(H,23,27)(H,24,26). The molecule has 0 fully saturated rings. The summed E-state index contributed by atoms with van der Waals surface area (Å²) in [5.41, 5.74) is 2.20. The average Bonchev–Trinajstić information content (AvgIpc) is 2.64. The van der Waals surface area contributed by atoms with E-state index in [2.05, 4.69) is 26.6 Å². The van der Waals surface area contributed by atoms with Gasteiger partial charge in [-0.2, -0.15) is 0 Å². The maximum atomic E-state index is 12.2. The van der Waals surface area contributed by atoms with Crippen LogP contribution in [0.3, 0.4) is 0 Å². The van der Waals surface area contributed by atoms with Crippen molar-refractivity contribution in [1.82, 2.24) is 5.32 Å². The number of hydrogen-bond acceptors (Lipinski definition) is 4. The highest BCUT2D eigenvalue weighted by molar-refractivity contribution is 9.10. The molecule has 2 aromatic rings. The van der Waals surface area contributed by atoms with E-state index in [0.29, 0.717) is 11.3 Å². The van der Waals surface area contributed by atoms with Crippen molar-refractivity contribution in [3.8, 4) is 5.75 Å². The number of carbonyl (C=O) groups is 3. The molecule has 2 amide bonds. The zero-order valence-electron chi connectivity index (χ0n) is 16.0. The van der Waals surface area contributed by atoms with Gasteiger partial charge in [0.05, 0.1) is 0 Å². The summed E-state index contributed by atoms with van der Waals surface area (Å²) in [7, 11) is 0. The Morgan fingerprint density at radius 2 is 1.89 bits per heavy atom. The molecular formula is C21H23BrN2O4. The molecule has 28 heavy (non-hydrogen) atoms. The number of hydrogen-bond donors (Lipinski definition) is 2. The lowest BCUT2D eigenvalue weighted by Gasteiger charge is -2.15. The zero-order valence-corrected chi connectivity index (χ0v) is 17.6. The molecule has 0 radical (unpaired) electrons. The van der Waals surface area contributed by atoms with E-state index < -0.39 is 6.10 Å². The maximum absolute atomic E-state index is 12.2. The van der Waals surface area contributed by atoms with Gasteiger partial charge in [-0.3, -0.25) is 14.4 Å². The van der Waals surface area contributed by atoms with Crippen molar-refractivity contribution in [2.45, 2.75) is 33.3 Å². The Morgan fingerprint density at radius 1 is 1.14 bits per heavy atom. The van der Waals surface area contributed by atoms with Crippen molar-refractivity contribution < 1.29 is 19.1 Å². The monoisotopic (exact) mass is 446 g/mol. The van der Waals surface area contributed by atoms with Crippen LogP contribution in [0.4, 0.5) is 5.69 Å². The predicted octanol–water partition coefficient (Wildman–Crippen LogP) is 3.87. The lowest BCUT2D eigenvalue weighted by molar-refractivity contribution is -0.127. The quantitative estimate of drug-likeness (QED) is 0.602. The van der Waals surface area contributed by atoms with E-state index in [1.165, 1.54) is 6.92 Å². The normalized spacial score (nSPS) is 11.4. The van der Waals surface area contributed by atoms with Gasteiger partial charge in [-0.1, -0.05) is 34.1 Å². The van der Waals surface area contributed by atoms with Crippen LogP contribution in [0.25, 0.3) is 0 Å². The minimum atomic E-state index is -0.752. The lowest BCUT2D eigenvalue weighted by atomic mass is 10.1. The number of halogens is 1. The van der Waals surface area contributed by atoms with Crippen molar-refractivity contribution in [3.05, 3.63) is 58.1 Å². The van der Waals surface area contributed by atoms with Gasteiger partial charge >= 0.3 is 0 Å². The molecular weight excluding hydrogens is 424 g/mol. The van der Waals surface area contributed by atoms with E-state index >= 15 is 0 Å². The molecule has 0 bridgehead atoms. The van der Waals surface area contributed by atoms with Crippen LogP contribution < -0.4 is 15.4 Å². The second kappa shape index (κ2) is 10.0. The van der Waals surface area contributed by atoms with Crippen molar-refractivity contribution in [1.29, 1.82) is 0 Å². The molecule has 2 N–H and O–H groups in total. The molecule has 0 heterocycles. The number of anilines is 1. The van der Waals surface area contributed by atoms with Crippen LogP contribution in [-0.2, 0) is 9.59 Å². The van der Waals surface area contributed by atoms with Crippen LogP contribution in [0, 0.1) is 6.92 Å². The molecule has 0 saturated carbocycles. The van der Waals surface area contributed by atoms with Gasteiger partial charge < -0.3 is 15.4 Å². The van der Waals surface area contributed by atoms with Crippen molar-refractivity contribution in [2.24, 2.45) is 0 Å². The molecule has 0 spiro atoms. The molecule has 148 valence electrons. The number of benzene rings is 2. The summed E-state index contributed by atoms with van der Waals surface area (Å²) in [5.74, 6) is -0.156. The number of aryl methyl sites for hydroxylation is 1. The topological polar surface area (TPSA) is 84.5 Å². The lowest BCUT2D eigenvalue weighted by Crippen LogP contribution is -2.37. The molecule has 1 unspecified atom stereocenters. The summed E-state index contributed by atoms with van der Waals surface area (Å²) in [6.07, 6.45) is -0.609. The van der Waals surface area contributed by atoms with Crippen molar-refractivity contribution in [3.63, 3.8) is 0 Å². The average molecular weight is 447 g/mol. The molecule has 0 aromatic heterocycles. The smallest absolute Gasteiger partial charge is 0.260 e. The fourth-order valence-electron chi connectivity index (χ4n) is 2.43. The van der Waals surface area contributed by atoms with Gasteiger partial charge in [0.25, 0.3) is 5.91 Å². The Morgan fingerprint density at radius 3 is 2.61 bits per heavy atom. The molecule has 0 aliphatic heterocycles. The van der Waals surface area contributed by atoms with Gasteiger partial charge in [0, 0.05) is 28.7 Å². The third-order valence-electron chi connectivity index (χ3n) is 4.05. The molecule has 2 aromatic carbocycles. The molecule has 6 nitrogen and oxygen atoms in total. The molecule has 7 heteroatoms. The summed E-state index contributed by atoms with van der Waals surface area (Å²) in [6.45, 7) is 5.18. The van der Waals surface area contributed by atoms with Gasteiger partial charge in [0.15, 0.2) is 11.9 Å². The van der Waals surface area contributed by atoms with E-state index in [1.807, 2.05) is 25.1 Å². The van der Waals surface area contributed by atoms with Crippen LogP contribution in [-0.4, -0.2) is 30.2 Å². The molecule has 0 saturated heterocycles. The first-order valence-corrected chi connectivity index (χ1v) is 9.67. The SMILES string of the molecule is CC(=O)c1cccc(OC(C)C(=O)NCCC(=O)Nc2cc(Br)ccc2C)c1. The first-order chi connectivity index (χ1) is 13.3. The van der Waals surface area contributed by atoms with Gasteiger partial charge in [0.2, 0.25) is 5.91 Å². The Balaban J connectivity index is 1.79. The summed E-state index contributed by atoms with van der Waals surface area (Å²) in [5, 5.41) is 5.51. The fourth-order valence-corrected chi connectivity index (χ4v) is 2.79. The molecule has 0 aliphatic carbocycles. The minimum Gasteiger partial charge on any atom is -0.481 e. The van der Waals surface area contributed by atoms with E-state index in [9.17, 15) is 14.4 Å². The second-order valence-electron chi connectivity index (χ2n) is 6.39. The zero-order chi connectivity index (χ0) is 20.7. The summed E-state index contributed by atoms with van der Waals surface area (Å²) in [4.78, 5) is 35.7. The third-order valence-corrected chi connectivity index (χ3v) is 4.54. The van der Waals surface area contributed by atoms with Gasteiger partial charge in [-0.15, -0.1) is 0 Å². The highest BCUT2D eigenvalue weighted by atomic mass is 79.9. The number of carbonyl (C=O) groups excluding carboxylic acids is 3. The number of ketones is 1. The number of amides is 2. The molecule has 1 atom stereocenters. The first-order valence-electron chi connectivity index (χ1n) is 8.87. The number of ether oxygens (including phenoxy) is 1. The van der Waals surface area contributed by atoms with Crippen LogP contribution in [0.5, 0.6) is 5.75 Å². The summed E-state index contributed by atoms with van der Waals surface area (Å²) >= 11 is 3.37. The predicted molar refractivity (Wildman–Crippen MR) is 112 cm³/mol. The van der Waals surface area contributed by atoms with Crippen LogP contribution in [0.15, 0.2) is 46.9 Å². The van der Waals surface area contributed by atoms with Crippen LogP contribution >= 0.6 is 15.9 Å². The highest BCUT2D eigenvalue weighted by Crippen LogP contribution is 2.20. The first kappa shape index (κ1) is 21.6. The molecule has 2 rings (SSSR count). The number of nitrogens with one attached hydrogen (secondary N) is 2. The van der Waals surface area contributed by atoms with Gasteiger partial charge in [0.1, 0.15) is 5.75 Å². The summed E-state index contributed by atoms with van der Waals surface area (Å²) < 4.78 is 6.46. The Labute approximate surface area is 172 Å². The Bertz CT molecular complexity index is 882. The van der Waals surface area contributed by atoms with Crippen molar-refractivity contribution >= 4 is 39.2 Å². The van der Waals surface area contributed by atoms with Gasteiger partial charge in [-0.05, 0) is 50.6 Å². The highest BCUT2D eigenvalue weighted by Gasteiger charge is 2.15. The fraction of sp³-hybridized carbons (Fsp3) is 0.286. The molecule has 0 aliphatic rings. The maximum Gasteiger partial charge on any atom is 0.260 e. The number of Topliss-reactive ketones (excluding diaryl/α,β-unsaturated/α-hetero) is 1. The van der Waals surface area contributed by atoms with E-state index in [1.54, 1.807) is 31.2 Å².